The molecule has 1 saturated carbocycles. The minimum absolute atomic E-state index is 0.0463. The van der Waals surface area contributed by atoms with Crippen molar-refractivity contribution in [3.8, 4) is 0 Å². The fourth-order valence-corrected chi connectivity index (χ4v) is 4.74. The van der Waals surface area contributed by atoms with Gasteiger partial charge in [-0.3, -0.25) is 0 Å². The summed E-state index contributed by atoms with van der Waals surface area (Å²) in [5.74, 6) is 0.811. The molecule has 19 heavy (non-hydrogen) atoms. The van der Waals surface area contributed by atoms with Gasteiger partial charge in [0.1, 0.15) is 0 Å². The van der Waals surface area contributed by atoms with Crippen LogP contribution in [0.15, 0.2) is 0 Å². The highest BCUT2D eigenvalue weighted by molar-refractivity contribution is 7.87. The number of aliphatic hydroxyl groups is 1. The van der Waals surface area contributed by atoms with Crippen molar-refractivity contribution < 1.29 is 13.5 Å². The van der Waals surface area contributed by atoms with Crippen LogP contribution in [0.2, 0.25) is 0 Å². The first kappa shape index (κ1) is 15.2. The van der Waals surface area contributed by atoms with Crippen LogP contribution in [-0.2, 0) is 10.2 Å². The van der Waals surface area contributed by atoms with E-state index >= 15 is 0 Å². The van der Waals surface area contributed by atoms with Gasteiger partial charge in [0.25, 0.3) is 10.2 Å². The molecule has 0 aromatic carbocycles. The second-order valence-electron chi connectivity index (χ2n) is 6.13. The molecule has 0 amide bonds. The Morgan fingerprint density at radius 2 is 1.89 bits per heavy atom. The molecular formula is C13H26N2O3S. The normalized spacial score (nSPS) is 34.3. The summed E-state index contributed by atoms with van der Waals surface area (Å²) in [7, 11) is -3.32. The van der Waals surface area contributed by atoms with E-state index in [0.717, 1.165) is 38.5 Å². The summed E-state index contributed by atoms with van der Waals surface area (Å²) < 4.78 is 29.1. The third-order valence-corrected chi connectivity index (χ3v) is 6.02. The van der Waals surface area contributed by atoms with Gasteiger partial charge in [-0.15, -0.1) is 0 Å². The molecule has 0 bridgehead atoms. The zero-order valence-corrected chi connectivity index (χ0v) is 12.5. The molecule has 1 saturated heterocycles. The Kier molecular flexibility index (Phi) is 5.22. The molecule has 0 spiro atoms. The molecule has 0 radical (unpaired) electrons. The van der Waals surface area contributed by atoms with E-state index in [1.165, 1.54) is 0 Å². The summed E-state index contributed by atoms with van der Waals surface area (Å²) in [6.45, 7) is 3.62. The average Bonchev–Trinajstić information content (AvgIpc) is 2.39. The quantitative estimate of drug-likeness (QED) is 0.814. The van der Waals surface area contributed by atoms with E-state index in [-0.39, 0.29) is 12.6 Å². The van der Waals surface area contributed by atoms with Gasteiger partial charge < -0.3 is 5.11 Å². The molecule has 1 unspecified atom stereocenters. The van der Waals surface area contributed by atoms with Gasteiger partial charge in [0.05, 0.1) is 0 Å². The highest BCUT2D eigenvalue weighted by Gasteiger charge is 2.30. The summed E-state index contributed by atoms with van der Waals surface area (Å²) in [4.78, 5) is 0. The SMILES string of the molecule is CC1CCCN(S(=O)(=O)NC2CCC(CO)CC2)C1. The topological polar surface area (TPSA) is 69.6 Å². The second kappa shape index (κ2) is 6.52. The van der Waals surface area contributed by atoms with Gasteiger partial charge in [0, 0.05) is 25.7 Å². The highest BCUT2D eigenvalue weighted by Crippen LogP contribution is 2.25. The summed E-state index contributed by atoms with van der Waals surface area (Å²) in [6, 6.07) is 0.0463. The van der Waals surface area contributed by atoms with E-state index in [2.05, 4.69) is 11.6 Å². The van der Waals surface area contributed by atoms with E-state index in [4.69, 9.17) is 5.11 Å². The molecular weight excluding hydrogens is 264 g/mol. The van der Waals surface area contributed by atoms with Crippen molar-refractivity contribution in [3.63, 3.8) is 0 Å². The third-order valence-electron chi connectivity index (χ3n) is 4.38. The van der Waals surface area contributed by atoms with Crippen molar-refractivity contribution in [2.75, 3.05) is 19.7 Å². The summed E-state index contributed by atoms with van der Waals surface area (Å²) in [5.41, 5.74) is 0. The van der Waals surface area contributed by atoms with Crippen molar-refractivity contribution in [1.29, 1.82) is 0 Å². The lowest BCUT2D eigenvalue weighted by atomic mass is 9.87. The molecule has 1 aliphatic heterocycles. The predicted molar refractivity (Wildman–Crippen MR) is 74.9 cm³/mol. The van der Waals surface area contributed by atoms with Crippen LogP contribution < -0.4 is 4.72 Å². The number of rotatable bonds is 4. The molecule has 2 N–H and O–H groups in total. The molecule has 1 atom stereocenters. The largest absolute Gasteiger partial charge is 0.396 e. The van der Waals surface area contributed by atoms with Gasteiger partial charge in [-0.25, -0.2) is 0 Å². The molecule has 0 aromatic rings. The molecule has 5 nitrogen and oxygen atoms in total. The Hall–Kier alpha value is -0.170. The second-order valence-corrected chi connectivity index (χ2v) is 7.83. The van der Waals surface area contributed by atoms with E-state index in [0.29, 0.717) is 24.9 Å². The number of piperidine rings is 1. The Morgan fingerprint density at radius 1 is 1.21 bits per heavy atom. The van der Waals surface area contributed by atoms with Crippen LogP contribution in [0, 0.1) is 11.8 Å². The van der Waals surface area contributed by atoms with Gasteiger partial charge in [0.15, 0.2) is 0 Å². The summed E-state index contributed by atoms with van der Waals surface area (Å²) in [6.07, 6.45) is 5.59. The lowest BCUT2D eigenvalue weighted by molar-refractivity contribution is 0.179. The first-order valence-electron chi connectivity index (χ1n) is 7.39. The smallest absolute Gasteiger partial charge is 0.279 e. The molecule has 2 rings (SSSR count). The first-order valence-corrected chi connectivity index (χ1v) is 8.83. The first-order chi connectivity index (χ1) is 9.01. The minimum atomic E-state index is -3.32. The highest BCUT2D eigenvalue weighted by atomic mass is 32.2. The monoisotopic (exact) mass is 290 g/mol. The Balaban J connectivity index is 1.87. The minimum Gasteiger partial charge on any atom is -0.396 e. The average molecular weight is 290 g/mol. The van der Waals surface area contributed by atoms with Gasteiger partial charge in [-0.2, -0.15) is 17.4 Å². The Bertz CT molecular complexity index is 377. The fourth-order valence-electron chi connectivity index (χ4n) is 3.11. The van der Waals surface area contributed by atoms with Crippen LogP contribution >= 0.6 is 0 Å². The molecule has 1 heterocycles. The lowest BCUT2D eigenvalue weighted by Crippen LogP contribution is -2.49. The van der Waals surface area contributed by atoms with E-state index < -0.39 is 10.2 Å². The summed E-state index contributed by atoms with van der Waals surface area (Å²) >= 11 is 0. The van der Waals surface area contributed by atoms with E-state index in [1.807, 2.05) is 0 Å². The maximum absolute atomic E-state index is 12.3. The molecule has 112 valence electrons. The van der Waals surface area contributed by atoms with Gasteiger partial charge in [0.2, 0.25) is 0 Å². The lowest BCUT2D eigenvalue weighted by Gasteiger charge is -2.33. The van der Waals surface area contributed by atoms with Crippen molar-refractivity contribution in [1.82, 2.24) is 9.03 Å². The number of aliphatic hydroxyl groups excluding tert-OH is 1. The molecule has 1 aliphatic carbocycles. The van der Waals surface area contributed by atoms with Crippen LogP contribution in [0.25, 0.3) is 0 Å². The Labute approximate surface area is 116 Å². The maximum Gasteiger partial charge on any atom is 0.279 e. The molecule has 6 heteroatoms. The van der Waals surface area contributed by atoms with Crippen LogP contribution in [0.5, 0.6) is 0 Å². The van der Waals surface area contributed by atoms with E-state index in [9.17, 15) is 8.42 Å². The van der Waals surface area contributed by atoms with Gasteiger partial charge in [-0.05, 0) is 50.4 Å². The molecule has 2 aliphatic rings. The fraction of sp³-hybridized carbons (Fsp3) is 1.00. The number of hydrogen-bond acceptors (Lipinski definition) is 3. The Morgan fingerprint density at radius 3 is 2.47 bits per heavy atom. The third kappa shape index (κ3) is 4.15. The zero-order chi connectivity index (χ0) is 13.9. The van der Waals surface area contributed by atoms with Gasteiger partial charge >= 0.3 is 0 Å². The van der Waals surface area contributed by atoms with Crippen LogP contribution in [0.1, 0.15) is 45.4 Å². The van der Waals surface area contributed by atoms with Crippen molar-refractivity contribution in [2.24, 2.45) is 11.8 Å². The number of nitrogens with one attached hydrogen (secondary N) is 1. The van der Waals surface area contributed by atoms with Crippen LogP contribution in [-0.4, -0.2) is 43.6 Å². The zero-order valence-electron chi connectivity index (χ0n) is 11.7. The van der Waals surface area contributed by atoms with Crippen molar-refractivity contribution in [3.05, 3.63) is 0 Å². The van der Waals surface area contributed by atoms with E-state index in [1.54, 1.807) is 4.31 Å². The number of nitrogens with zero attached hydrogens (tertiary/aromatic N) is 1. The van der Waals surface area contributed by atoms with Crippen LogP contribution in [0.4, 0.5) is 0 Å². The van der Waals surface area contributed by atoms with Crippen molar-refractivity contribution in [2.45, 2.75) is 51.5 Å². The summed E-state index contributed by atoms with van der Waals surface area (Å²) in [5, 5.41) is 9.10. The standard InChI is InChI=1S/C13H26N2O3S/c1-11-3-2-8-15(9-11)19(17,18)14-13-6-4-12(10-16)5-7-13/h11-14,16H,2-10H2,1H3. The van der Waals surface area contributed by atoms with Crippen LogP contribution in [0.3, 0.4) is 0 Å². The molecule has 0 aromatic heterocycles. The molecule has 2 fully saturated rings. The predicted octanol–water partition coefficient (Wildman–Crippen LogP) is 1.10. The van der Waals surface area contributed by atoms with Gasteiger partial charge in [-0.1, -0.05) is 6.92 Å². The number of hydrogen-bond donors (Lipinski definition) is 2. The van der Waals surface area contributed by atoms with Crippen molar-refractivity contribution >= 4 is 10.2 Å². The maximum atomic E-state index is 12.3.